The quantitative estimate of drug-likeness (QED) is 0.887. The molecule has 0 bridgehead atoms. The Hall–Kier alpha value is -1.19. The zero-order valence-electron chi connectivity index (χ0n) is 11.1. The van der Waals surface area contributed by atoms with Gasteiger partial charge in [0, 0.05) is 18.4 Å². The number of fused-ring (bicyclic) bond motifs is 1. The Bertz CT molecular complexity index is 440. The van der Waals surface area contributed by atoms with Gasteiger partial charge in [-0.2, -0.15) is 0 Å². The van der Waals surface area contributed by atoms with Crippen molar-refractivity contribution in [3.8, 4) is 0 Å². The Balaban J connectivity index is 2.15. The number of rotatable bonds is 4. The van der Waals surface area contributed by atoms with E-state index in [2.05, 4.69) is 12.1 Å². The van der Waals surface area contributed by atoms with E-state index in [0.29, 0.717) is 19.6 Å². The Kier molecular flexibility index (Phi) is 3.83. The van der Waals surface area contributed by atoms with E-state index in [1.54, 1.807) is 0 Å². The van der Waals surface area contributed by atoms with Crippen molar-refractivity contribution < 1.29 is 9.53 Å². The van der Waals surface area contributed by atoms with Gasteiger partial charge >= 0.3 is 0 Å². The summed E-state index contributed by atoms with van der Waals surface area (Å²) in [5.74, 6) is 0.173. The van der Waals surface area contributed by atoms with Crippen LogP contribution in [0, 0.1) is 5.41 Å². The van der Waals surface area contributed by atoms with Crippen LogP contribution in [0.4, 0.5) is 0 Å². The molecule has 0 aromatic heterocycles. The molecule has 0 aliphatic carbocycles. The highest BCUT2D eigenvalue weighted by Crippen LogP contribution is 2.32. The van der Waals surface area contributed by atoms with Gasteiger partial charge in [-0.25, -0.2) is 0 Å². The minimum absolute atomic E-state index is 0.103. The molecule has 2 N–H and O–H groups in total. The zero-order chi connectivity index (χ0) is 13.2. The van der Waals surface area contributed by atoms with E-state index in [4.69, 9.17) is 10.5 Å². The van der Waals surface area contributed by atoms with E-state index >= 15 is 0 Å². The fraction of sp³-hybridized carbons (Fsp3) is 0.533. The van der Waals surface area contributed by atoms with Gasteiger partial charge in [0.2, 0.25) is 0 Å². The number of carbonyl (C=O) groups is 1. The van der Waals surface area contributed by atoms with Crippen LogP contribution in [0.25, 0.3) is 0 Å². The summed E-state index contributed by atoms with van der Waals surface area (Å²) in [6.07, 6.45) is 1.25. The molecule has 0 saturated carbocycles. The van der Waals surface area contributed by atoms with E-state index in [9.17, 15) is 4.79 Å². The Labute approximate surface area is 108 Å². The lowest BCUT2D eigenvalue weighted by Crippen LogP contribution is -2.34. The summed E-state index contributed by atoms with van der Waals surface area (Å²) in [6, 6.07) is 8.21. The molecule has 3 heteroatoms. The number of carbonyl (C=O) groups excluding carboxylic acids is 1. The molecule has 1 aromatic rings. The van der Waals surface area contributed by atoms with E-state index in [1.165, 1.54) is 5.56 Å². The third-order valence-corrected chi connectivity index (χ3v) is 3.73. The van der Waals surface area contributed by atoms with Crippen LogP contribution in [0.2, 0.25) is 0 Å². The van der Waals surface area contributed by atoms with Crippen LogP contribution in [0.5, 0.6) is 0 Å². The SMILES string of the molecule is CC(C)(CN)C(=O)CC1OCCc2ccccc21. The average molecular weight is 247 g/mol. The van der Waals surface area contributed by atoms with Gasteiger partial charge in [0.15, 0.2) is 0 Å². The summed E-state index contributed by atoms with van der Waals surface area (Å²) in [6.45, 7) is 4.85. The van der Waals surface area contributed by atoms with Crippen molar-refractivity contribution in [2.24, 2.45) is 11.1 Å². The van der Waals surface area contributed by atoms with Crippen molar-refractivity contribution in [1.82, 2.24) is 0 Å². The number of hydrogen-bond acceptors (Lipinski definition) is 3. The second kappa shape index (κ2) is 5.21. The molecule has 18 heavy (non-hydrogen) atoms. The Morgan fingerprint density at radius 1 is 1.44 bits per heavy atom. The van der Waals surface area contributed by atoms with Crippen LogP contribution in [-0.2, 0) is 16.0 Å². The molecule has 3 nitrogen and oxygen atoms in total. The van der Waals surface area contributed by atoms with E-state index in [1.807, 2.05) is 26.0 Å². The second-order valence-corrected chi connectivity index (χ2v) is 5.52. The largest absolute Gasteiger partial charge is 0.373 e. The van der Waals surface area contributed by atoms with Gasteiger partial charge in [0.25, 0.3) is 0 Å². The number of nitrogens with two attached hydrogens (primary N) is 1. The molecule has 0 radical (unpaired) electrons. The topological polar surface area (TPSA) is 52.3 Å². The lowest BCUT2D eigenvalue weighted by atomic mass is 9.83. The normalized spacial score (nSPS) is 19.4. The highest BCUT2D eigenvalue weighted by molar-refractivity contribution is 5.84. The third-order valence-electron chi connectivity index (χ3n) is 3.73. The molecule has 2 rings (SSSR count). The summed E-state index contributed by atoms with van der Waals surface area (Å²) < 4.78 is 5.75. The van der Waals surface area contributed by atoms with Gasteiger partial charge in [-0.3, -0.25) is 4.79 Å². The maximum absolute atomic E-state index is 12.2. The van der Waals surface area contributed by atoms with Crippen molar-refractivity contribution in [2.75, 3.05) is 13.2 Å². The van der Waals surface area contributed by atoms with Crippen LogP contribution >= 0.6 is 0 Å². The first-order valence-electron chi connectivity index (χ1n) is 6.47. The molecular weight excluding hydrogens is 226 g/mol. The molecule has 1 atom stereocenters. The molecule has 0 saturated heterocycles. The lowest BCUT2D eigenvalue weighted by Gasteiger charge is -2.28. The predicted molar refractivity (Wildman–Crippen MR) is 71.3 cm³/mol. The third kappa shape index (κ3) is 2.62. The summed E-state index contributed by atoms with van der Waals surface area (Å²) in [5.41, 5.74) is 7.64. The minimum atomic E-state index is -0.463. The summed E-state index contributed by atoms with van der Waals surface area (Å²) in [7, 11) is 0. The molecule has 1 aliphatic rings. The number of Topliss-reactive ketones (excluding diaryl/α,β-unsaturated/α-hetero) is 1. The van der Waals surface area contributed by atoms with Crippen molar-refractivity contribution >= 4 is 5.78 Å². The Morgan fingerprint density at radius 2 is 2.17 bits per heavy atom. The van der Waals surface area contributed by atoms with Crippen LogP contribution in [0.1, 0.15) is 37.5 Å². The molecule has 98 valence electrons. The first kappa shape index (κ1) is 13.2. The van der Waals surface area contributed by atoms with Crippen molar-refractivity contribution in [3.63, 3.8) is 0 Å². The molecule has 1 aliphatic heterocycles. The van der Waals surface area contributed by atoms with Gasteiger partial charge in [-0.1, -0.05) is 38.1 Å². The van der Waals surface area contributed by atoms with Crippen LogP contribution in [0.3, 0.4) is 0 Å². The Morgan fingerprint density at radius 3 is 2.89 bits per heavy atom. The summed E-state index contributed by atoms with van der Waals surface area (Å²) >= 11 is 0. The van der Waals surface area contributed by atoms with Crippen LogP contribution < -0.4 is 5.73 Å². The zero-order valence-corrected chi connectivity index (χ0v) is 11.1. The molecule has 0 spiro atoms. The fourth-order valence-electron chi connectivity index (χ4n) is 2.20. The van der Waals surface area contributed by atoms with E-state index in [-0.39, 0.29) is 11.9 Å². The first-order valence-corrected chi connectivity index (χ1v) is 6.47. The van der Waals surface area contributed by atoms with Crippen molar-refractivity contribution in [3.05, 3.63) is 35.4 Å². The number of ketones is 1. The van der Waals surface area contributed by atoms with Gasteiger partial charge in [0.05, 0.1) is 12.7 Å². The van der Waals surface area contributed by atoms with Gasteiger partial charge in [-0.15, -0.1) is 0 Å². The monoisotopic (exact) mass is 247 g/mol. The standard InChI is InChI=1S/C15H21NO2/c1-15(2,10-16)14(17)9-13-12-6-4-3-5-11(12)7-8-18-13/h3-6,13H,7-10,16H2,1-2H3. The minimum Gasteiger partial charge on any atom is -0.373 e. The van der Waals surface area contributed by atoms with E-state index < -0.39 is 5.41 Å². The predicted octanol–water partition coefficient (Wildman–Crippen LogP) is 2.24. The molecule has 0 amide bonds. The molecular formula is C15H21NO2. The van der Waals surface area contributed by atoms with E-state index in [0.717, 1.165) is 12.0 Å². The van der Waals surface area contributed by atoms with Crippen molar-refractivity contribution in [2.45, 2.75) is 32.8 Å². The lowest BCUT2D eigenvalue weighted by molar-refractivity contribution is -0.130. The molecule has 0 fully saturated rings. The molecule has 1 heterocycles. The summed E-state index contributed by atoms with van der Waals surface area (Å²) in [5, 5.41) is 0. The number of ether oxygens (including phenoxy) is 1. The fourth-order valence-corrected chi connectivity index (χ4v) is 2.20. The average Bonchev–Trinajstić information content (AvgIpc) is 2.39. The van der Waals surface area contributed by atoms with Crippen molar-refractivity contribution in [1.29, 1.82) is 0 Å². The highest BCUT2D eigenvalue weighted by atomic mass is 16.5. The highest BCUT2D eigenvalue weighted by Gasteiger charge is 2.30. The van der Waals surface area contributed by atoms with Gasteiger partial charge < -0.3 is 10.5 Å². The maximum Gasteiger partial charge on any atom is 0.142 e. The van der Waals surface area contributed by atoms with Gasteiger partial charge in [-0.05, 0) is 17.5 Å². The molecule has 1 unspecified atom stereocenters. The second-order valence-electron chi connectivity index (χ2n) is 5.52. The van der Waals surface area contributed by atoms with Crippen LogP contribution in [0.15, 0.2) is 24.3 Å². The number of benzene rings is 1. The van der Waals surface area contributed by atoms with Crippen LogP contribution in [-0.4, -0.2) is 18.9 Å². The number of hydrogen-bond donors (Lipinski definition) is 1. The summed E-state index contributed by atoms with van der Waals surface area (Å²) in [4.78, 5) is 12.2. The smallest absolute Gasteiger partial charge is 0.142 e. The molecule has 1 aromatic carbocycles. The first-order chi connectivity index (χ1) is 8.54. The maximum atomic E-state index is 12.2. The van der Waals surface area contributed by atoms with Gasteiger partial charge in [0.1, 0.15) is 5.78 Å².